The Labute approximate surface area is 151 Å². The lowest BCUT2D eigenvalue weighted by Gasteiger charge is -2.39. The molecule has 0 radical (unpaired) electrons. The van der Waals surface area contributed by atoms with Crippen molar-refractivity contribution < 1.29 is 4.79 Å². The van der Waals surface area contributed by atoms with Gasteiger partial charge in [0.25, 0.3) is 5.91 Å². The van der Waals surface area contributed by atoms with E-state index in [1.54, 1.807) is 6.33 Å². The monoisotopic (exact) mass is 357 g/mol. The molecular formula is C18H23N5OS. The molecule has 0 unspecified atom stereocenters. The van der Waals surface area contributed by atoms with Gasteiger partial charge in [-0.1, -0.05) is 0 Å². The van der Waals surface area contributed by atoms with Crippen LogP contribution in [0.1, 0.15) is 46.1 Å². The van der Waals surface area contributed by atoms with Gasteiger partial charge in [0.2, 0.25) is 0 Å². The Bertz CT molecular complexity index is 750. The van der Waals surface area contributed by atoms with Crippen LogP contribution in [0, 0.1) is 13.8 Å². The minimum absolute atomic E-state index is 0.140. The van der Waals surface area contributed by atoms with Crippen LogP contribution in [0.3, 0.4) is 0 Å². The van der Waals surface area contributed by atoms with Crippen LogP contribution < -0.4 is 4.90 Å². The summed E-state index contributed by atoms with van der Waals surface area (Å²) in [6.45, 7) is 5.48. The number of amides is 1. The maximum atomic E-state index is 12.8. The van der Waals surface area contributed by atoms with Crippen molar-refractivity contribution >= 4 is 23.1 Å². The zero-order valence-electron chi connectivity index (χ0n) is 14.7. The van der Waals surface area contributed by atoms with Gasteiger partial charge in [-0.2, -0.15) is 0 Å². The van der Waals surface area contributed by atoms with Crippen LogP contribution in [0.25, 0.3) is 0 Å². The van der Waals surface area contributed by atoms with E-state index in [0.717, 1.165) is 47.3 Å². The Morgan fingerprint density at radius 3 is 2.48 bits per heavy atom. The first kappa shape index (κ1) is 16.4. The summed E-state index contributed by atoms with van der Waals surface area (Å²) in [5.74, 6) is 1.16. The van der Waals surface area contributed by atoms with E-state index in [4.69, 9.17) is 0 Å². The second-order valence-corrected chi connectivity index (χ2v) is 8.08. The second-order valence-electron chi connectivity index (χ2n) is 6.88. The zero-order valence-corrected chi connectivity index (χ0v) is 15.5. The van der Waals surface area contributed by atoms with Gasteiger partial charge in [0.15, 0.2) is 0 Å². The number of rotatable bonds is 4. The first-order valence-corrected chi connectivity index (χ1v) is 9.73. The molecule has 1 aliphatic heterocycles. The van der Waals surface area contributed by atoms with E-state index >= 15 is 0 Å². The SMILES string of the molecule is Cc1nc(C)c(C(=O)N2CCC(N(c3ccncn3)C3CC3)CC2)s1. The van der Waals surface area contributed by atoms with Crippen molar-refractivity contribution in [1.29, 1.82) is 0 Å². The van der Waals surface area contributed by atoms with Crippen molar-refractivity contribution in [3.05, 3.63) is 34.2 Å². The maximum absolute atomic E-state index is 12.8. The number of aryl methyl sites for hydroxylation is 2. The van der Waals surface area contributed by atoms with Crippen molar-refractivity contribution in [1.82, 2.24) is 19.9 Å². The minimum atomic E-state index is 0.140. The highest BCUT2D eigenvalue weighted by molar-refractivity contribution is 7.13. The van der Waals surface area contributed by atoms with E-state index in [1.807, 2.05) is 31.0 Å². The van der Waals surface area contributed by atoms with Gasteiger partial charge in [-0.3, -0.25) is 4.79 Å². The highest BCUT2D eigenvalue weighted by Crippen LogP contribution is 2.35. The van der Waals surface area contributed by atoms with Crippen LogP contribution in [-0.4, -0.2) is 50.9 Å². The summed E-state index contributed by atoms with van der Waals surface area (Å²) in [6, 6.07) is 3.06. The summed E-state index contributed by atoms with van der Waals surface area (Å²) in [5.41, 5.74) is 0.857. The number of nitrogens with zero attached hydrogens (tertiary/aromatic N) is 5. The molecule has 2 aromatic rings. The molecule has 0 N–H and O–H groups in total. The van der Waals surface area contributed by atoms with E-state index in [9.17, 15) is 4.79 Å². The van der Waals surface area contributed by atoms with Crippen LogP contribution in [0.15, 0.2) is 18.6 Å². The zero-order chi connectivity index (χ0) is 17.4. The van der Waals surface area contributed by atoms with Gasteiger partial charge in [-0.25, -0.2) is 15.0 Å². The highest BCUT2D eigenvalue weighted by atomic mass is 32.1. The minimum Gasteiger partial charge on any atom is -0.350 e. The third kappa shape index (κ3) is 3.38. The maximum Gasteiger partial charge on any atom is 0.265 e. The van der Waals surface area contributed by atoms with E-state index in [2.05, 4.69) is 19.9 Å². The molecule has 7 heteroatoms. The van der Waals surface area contributed by atoms with Gasteiger partial charge in [0.1, 0.15) is 17.0 Å². The van der Waals surface area contributed by atoms with Crippen molar-refractivity contribution in [3.63, 3.8) is 0 Å². The molecule has 1 saturated carbocycles. The number of aromatic nitrogens is 3. The van der Waals surface area contributed by atoms with Crippen molar-refractivity contribution in [3.8, 4) is 0 Å². The van der Waals surface area contributed by atoms with Crippen molar-refractivity contribution in [2.45, 2.75) is 51.6 Å². The number of carbonyl (C=O) groups is 1. The molecule has 3 heterocycles. The normalized spacial score (nSPS) is 18.4. The Balaban J connectivity index is 1.44. The van der Waals surface area contributed by atoms with Crippen molar-refractivity contribution in [2.24, 2.45) is 0 Å². The molecule has 2 aliphatic rings. The Morgan fingerprint density at radius 2 is 1.92 bits per heavy atom. The molecule has 1 saturated heterocycles. The molecule has 0 spiro atoms. The number of carbonyl (C=O) groups excluding carboxylic acids is 1. The average molecular weight is 357 g/mol. The fraction of sp³-hybridized carbons (Fsp3) is 0.556. The first-order valence-electron chi connectivity index (χ1n) is 8.91. The molecule has 2 fully saturated rings. The van der Waals surface area contributed by atoms with Gasteiger partial charge >= 0.3 is 0 Å². The number of piperidine rings is 1. The molecule has 0 atom stereocenters. The second kappa shape index (κ2) is 6.71. The van der Waals surface area contributed by atoms with Gasteiger partial charge < -0.3 is 9.80 Å². The molecule has 1 aliphatic carbocycles. The smallest absolute Gasteiger partial charge is 0.265 e. The Hall–Kier alpha value is -2.02. The molecule has 1 amide bonds. The van der Waals surface area contributed by atoms with E-state index in [1.165, 1.54) is 24.2 Å². The van der Waals surface area contributed by atoms with E-state index in [-0.39, 0.29) is 5.91 Å². The predicted octanol–water partition coefficient (Wildman–Crippen LogP) is 2.82. The first-order chi connectivity index (χ1) is 12.1. The molecule has 6 nitrogen and oxygen atoms in total. The lowest BCUT2D eigenvalue weighted by molar-refractivity contribution is 0.0716. The molecule has 25 heavy (non-hydrogen) atoms. The van der Waals surface area contributed by atoms with Crippen LogP contribution >= 0.6 is 11.3 Å². The molecule has 2 aromatic heterocycles. The fourth-order valence-corrected chi connectivity index (χ4v) is 4.57. The molecule has 0 aromatic carbocycles. The number of thiazole rings is 1. The number of anilines is 1. The topological polar surface area (TPSA) is 62.2 Å². The van der Waals surface area contributed by atoms with Crippen LogP contribution in [0.4, 0.5) is 5.82 Å². The lowest BCUT2D eigenvalue weighted by atomic mass is 10.0. The summed E-state index contributed by atoms with van der Waals surface area (Å²) in [6.07, 6.45) is 7.89. The summed E-state index contributed by atoms with van der Waals surface area (Å²) in [5, 5.41) is 0.958. The quantitative estimate of drug-likeness (QED) is 0.842. The van der Waals surface area contributed by atoms with Gasteiger partial charge in [0.05, 0.1) is 10.7 Å². The third-order valence-corrected chi connectivity index (χ3v) is 6.07. The van der Waals surface area contributed by atoms with Crippen molar-refractivity contribution in [2.75, 3.05) is 18.0 Å². The molecule has 132 valence electrons. The fourth-order valence-electron chi connectivity index (χ4n) is 3.68. The number of hydrogen-bond donors (Lipinski definition) is 0. The molecule has 4 rings (SSSR count). The standard InChI is InChI=1S/C18H23N5OS/c1-12-17(25-13(2)21-12)18(24)22-9-6-15(7-10-22)23(14-3-4-14)16-5-8-19-11-20-16/h5,8,11,14-15H,3-4,6-7,9-10H2,1-2H3. The highest BCUT2D eigenvalue weighted by Gasteiger charge is 2.37. The lowest BCUT2D eigenvalue weighted by Crippen LogP contribution is -2.48. The largest absolute Gasteiger partial charge is 0.350 e. The summed E-state index contributed by atoms with van der Waals surface area (Å²) < 4.78 is 0. The van der Waals surface area contributed by atoms with Crippen LogP contribution in [0.2, 0.25) is 0 Å². The van der Waals surface area contributed by atoms with Gasteiger partial charge in [-0.05, 0) is 45.6 Å². The van der Waals surface area contributed by atoms with E-state index in [0.29, 0.717) is 12.1 Å². The van der Waals surface area contributed by atoms with Crippen LogP contribution in [-0.2, 0) is 0 Å². The summed E-state index contributed by atoms with van der Waals surface area (Å²) >= 11 is 1.51. The number of hydrogen-bond acceptors (Lipinski definition) is 6. The predicted molar refractivity (Wildman–Crippen MR) is 98.0 cm³/mol. The van der Waals surface area contributed by atoms with Gasteiger partial charge in [0, 0.05) is 31.4 Å². The third-order valence-electron chi connectivity index (χ3n) is 5.01. The summed E-state index contributed by atoms with van der Waals surface area (Å²) in [4.78, 5) is 30.9. The molecule has 0 bridgehead atoms. The average Bonchev–Trinajstić information content (AvgIpc) is 3.40. The number of likely N-dealkylation sites (tertiary alicyclic amines) is 1. The Kier molecular flexibility index (Phi) is 4.41. The molecular weight excluding hydrogens is 334 g/mol. The van der Waals surface area contributed by atoms with Crippen LogP contribution in [0.5, 0.6) is 0 Å². The summed E-state index contributed by atoms with van der Waals surface area (Å²) in [7, 11) is 0. The van der Waals surface area contributed by atoms with Gasteiger partial charge in [-0.15, -0.1) is 11.3 Å². The van der Waals surface area contributed by atoms with E-state index < -0.39 is 0 Å². The Morgan fingerprint density at radius 1 is 1.20 bits per heavy atom.